The van der Waals surface area contributed by atoms with Gasteiger partial charge in [-0.05, 0) is 0 Å². The van der Waals surface area contributed by atoms with Crippen molar-refractivity contribution in [3.8, 4) is 0 Å². The summed E-state index contributed by atoms with van der Waals surface area (Å²) in [6.45, 7) is 1.89. The highest BCUT2D eigenvalue weighted by molar-refractivity contribution is 6.45. The Morgan fingerprint density at radius 1 is 0.789 bits per heavy atom. The first kappa shape index (κ1) is 22.6. The number of hydrogen-bond acceptors (Lipinski definition) is 1. The zero-order valence-corrected chi connectivity index (χ0v) is 15.3. The summed E-state index contributed by atoms with van der Waals surface area (Å²) in [6, 6.07) is 0. The number of hydrogen-bond donors (Lipinski definition) is 3. The standard InChI is InChI=1S/C6H6Cl6.C2H5Cl.CH5N3/c7-1-2(8)4(10)6(12)5(11)3(1)9;1-2-3;2-1(3)4/h1-6H;2H2,1H3;(H5,2,3,4). The highest BCUT2D eigenvalue weighted by Crippen LogP contribution is 2.39. The molecule has 0 unspecified atom stereocenters. The molecule has 0 atom stereocenters. The molecule has 10 heteroatoms. The summed E-state index contributed by atoms with van der Waals surface area (Å²) in [7, 11) is 0. The first-order chi connectivity index (χ1) is 8.61. The van der Waals surface area contributed by atoms with Gasteiger partial charge in [0.05, 0.1) is 32.3 Å². The minimum Gasteiger partial charge on any atom is -0.370 e. The van der Waals surface area contributed by atoms with E-state index in [2.05, 4.69) is 11.5 Å². The fourth-order valence-electron chi connectivity index (χ4n) is 1.05. The van der Waals surface area contributed by atoms with Crippen LogP contribution in [0.1, 0.15) is 6.92 Å². The molecule has 1 saturated carbocycles. The van der Waals surface area contributed by atoms with Crippen LogP contribution >= 0.6 is 81.2 Å². The number of guanidine groups is 1. The molecule has 1 aliphatic carbocycles. The molecule has 0 radical (unpaired) electrons. The smallest absolute Gasteiger partial charge is 0.183 e. The number of halogens is 7. The molecule has 0 bridgehead atoms. The molecular weight excluding hydrogens is 398 g/mol. The van der Waals surface area contributed by atoms with Gasteiger partial charge in [-0.1, -0.05) is 6.92 Å². The fraction of sp³-hybridized carbons (Fsp3) is 0.889. The van der Waals surface area contributed by atoms with Gasteiger partial charge < -0.3 is 11.5 Å². The van der Waals surface area contributed by atoms with Gasteiger partial charge in [0.1, 0.15) is 0 Å². The molecule has 0 aromatic carbocycles. The van der Waals surface area contributed by atoms with Crippen LogP contribution in [0.25, 0.3) is 0 Å². The summed E-state index contributed by atoms with van der Waals surface area (Å²) in [5, 5.41) is 3.44. The quantitative estimate of drug-likeness (QED) is 0.321. The van der Waals surface area contributed by atoms with E-state index in [0.29, 0.717) is 0 Å². The van der Waals surface area contributed by atoms with E-state index in [4.69, 9.17) is 86.6 Å². The number of nitrogens with two attached hydrogens (primary N) is 2. The van der Waals surface area contributed by atoms with E-state index < -0.39 is 32.3 Å². The normalized spacial score (nSPS) is 37.3. The first-order valence-electron chi connectivity index (χ1n) is 5.11. The Bertz CT molecular complexity index is 193. The van der Waals surface area contributed by atoms with Gasteiger partial charge in [0, 0.05) is 5.88 Å². The van der Waals surface area contributed by atoms with Crippen LogP contribution in [0.15, 0.2) is 0 Å². The van der Waals surface area contributed by atoms with Crippen LogP contribution in [0.3, 0.4) is 0 Å². The Kier molecular flexibility index (Phi) is 14.1. The third kappa shape index (κ3) is 9.02. The molecule has 0 amide bonds. The van der Waals surface area contributed by atoms with E-state index in [-0.39, 0.29) is 5.96 Å². The Balaban J connectivity index is 0. The molecule has 1 fully saturated rings. The van der Waals surface area contributed by atoms with E-state index in [9.17, 15) is 0 Å². The molecule has 19 heavy (non-hydrogen) atoms. The average Bonchev–Trinajstić information content (AvgIpc) is 2.32. The van der Waals surface area contributed by atoms with Crippen LogP contribution in [0.4, 0.5) is 0 Å². The van der Waals surface area contributed by atoms with Crippen molar-refractivity contribution < 1.29 is 0 Å². The summed E-state index contributed by atoms with van der Waals surface area (Å²) in [4.78, 5) is 0. The molecule has 3 nitrogen and oxygen atoms in total. The lowest BCUT2D eigenvalue weighted by Crippen LogP contribution is -2.52. The monoisotopic (exact) mass is 411 g/mol. The van der Waals surface area contributed by atoms with E-state index in [1.165, 1.54) is 0 Å². The van der Waals surface area contributed by atoms with Gasteiger partial charge in [-0.15, -0.1) is 81.2 Å². The predicted octanol–water partition coefficient (Wildman–Crippen LogP) is 3.73. The van der Waals surface area contributed by atoms with Crippen molar-refractivity contribution in [3.05, 3.63) is 0 Å². The highest BCUT2D eigenvalue weighted by Gasteiger charge is 2.46. The summed E-state index contributed by atoms with van der Waals surface area (Å²) in [5.41, 5.74) is 8.94. The molecule has 0 spiro atoms. The second-order valence-corrected chi connectivity index (χ2v) is 6.95. The maximum absolute atomic E-state index is 6.06. The molecule has 0 aromatic heterocycles. The molecule has 116 valence electrons. The number of rotatable bonds is 0. The molecule has 0 aromatic rings. The van der Waals surface area contributed by atoms with E-state index in [1.807, 2.05) is 6.92 Å². The van der Waals surface area contributed by atoms with Gasteiger partial charge in [0.2, 0.25) is 0 Å². The molecule has 1 aliphatic rings. The van der Waals surface area contributed by atoms with Crippen molar-refractivity contribution in [2.45, 2.75) is 39.2 Å². The second-order valence-electron chi connectivity index (χ2n) is 3.39. The van der Waals surface area contributed by atoms with E-state index in [0.717, 1.165) is 5.88 Å². The van der Waals surface area contributed by atoms with Gasteiger partial charge in [-0.25, -0.2) is 0 Å². The van der Waals surface area contributed by atoms with Crippen LogP contribution in [0, 0.1) is 5.41 Å². The van der Waals surface area contributed by atoms with Crippen LogP contribution in [0.2, 0.25) is 0 Å². The maximum atomic E-state index is 6.06. The van der Waals surface area contributed by atoms with E-state index >= 15 is 0 Å². The van der Waals surface area contributed by atoms with E-state index in [1.54, 1.807) is 0 Å². The molecular formula is C9H16Cl7N3. The minimum atomic E-state index is -0.437. The summed E-state index contributed by atoms with van der Waals surface area (Å²) in [5.74, 6) is 0.389. The third-order valence-electron chi connectivity index (χ3n) is 1.83. The molecule has 0 heterocycles. The Morgan fingerprint density at radius 3 is 0.895 bits per heavy atom. The van der Waals surface area contributed by atoms with Crippen LogP contribution in [0.5, 0.6) is 0 Å². The molecule has 0 aliphatic heterocycles. The zero-order chi connectivity index (χ0) is 15.7. The molecule has 5 N–H and O–H groups in total. The third-order valence-corrected chi connectivity index (χ3v) is 5.86. The summed E-state index contributed by atoms with van der Waals surface area (Å²) >= 11 is 40.3. The van der Waals surface area contributed by atoms with Gasteiger partial charge in [0.25, 0.3) is 0 Å². The predicted molar refractivity (Wildman–Crippen MR) is 90.3 cm³/mol. The Hall–Kier alpha value is 1.30. The average molecular weight is 414 g/mol. The van der Waals surface area contributed by atoms with Gasteiger partial charge in [0.15, 0.2) is 5.96 Å². The lowest BCUT2D eigenvalue weighted by Gasteiger charge is -2.37. The highest BCUT2D eigenvalue weighted by atomic mass is 35.5. The minimum absolute atomic E-state index is 0.333. The Morgan fingerprint density at radius 2 is 0.842 bits per heavy atom. The lowest BCUT2D eigenvalue weighted by molar-refractivity contribution is 0.544. The van der Waals surface area contributed by atoms with Crippen LogP contribution in [-0.4, -0.2) is 44.1 Å². The number of nitrogens with one attached hydrogen (secondary N) is 1. The van der Waals surface area contributed by atoms with Crippen molar-refractivity contribution in [1.82, 2.24) is 0 Å². The molecule has 1 rings (SSSR count). The zero-order valence-electron chi connectivity index (χ0n) is 9.97. The van der Waals surface area contributed by atoms with Crippen molar-refractivity contribution >= 4 is 87.2 Å². The SMILES string of the molecule is CCCl.ClC1C(Cl)C(Cl)C(Cl)C(Cl)C1Cl.N=C(N)N. The summed E-state index contributed by atoms with van der Waals surface area (Å²) < 4.78 is 0. The largest absolute Gasteiger partial charge is 0.370 e. The lowest BCUT2D eigenvalue weighted by atomic mass is 9.97. The van der Waals surface area contributed by atoms with Crippen molar-refractivity contribution in [2.24, 2.45) is 11.5 Å². The topological polar surface area (TPSA) is 75.9 Å². The second kappa shape index (κ2) is 11.9. The van der Waals surface area contributed by atoms with Crippen LogP contribution in [-0.2, 0) is 0 Å². The van der Waals surface area contributed by atoms with Gasteiger partial charge >= 0.3 is 0 Å². The van der Waals surface area contributed by atoms with Crippen molar-refractivity contribution in [1.29, 1.82) is 5.41 Å². The first-order valence-corrected chi connectivity index (χ1v) is 8.26. The maximum Gasteiger partial charge on any atom is 0.183 e. The Labute approximate surface area is 148 Å². The summed E-state index contributed by atoms with van der Waals surface area (Å²) in [6.07, 6.45) is 0. The molecule has 0 saturated heterocycles. The number of alkyl halides is 7. The van der Waals surface area contributed by atoms with Gasteiger partial charge in [-0.2, -0.15) is 0 Å². The fourth-order valence-corrected chi connectivity index (χ4v) is 3.38. The van der Waals surface area contributed by atoms with Crippen molar-refractivity contribution in [2.75, 3.05) is 5.88 Å². The van der Waals surface area contributed by atoms with Crippen molar-refractivity contribution in [3.63, 3.8) is 0 Å². The van der Waals surface area contributed by atoms with Gasteiger partial charge in [-0.3, -0.25) is 5.41 Å². The van der Waals surface area contributed by atoms with Crippen LogP contribution < -0.4 is 11.5 Å².